The lowest BCUT2D eigenvalue weighted by molar-refractivity contribution is -0.122. The van der Waals surface area contributed by atoms with Gasteiger partial charge in [-0.3, -0.25) is 9.48 Å². The molecule has 1 saturated heterocycles. The molecule has 7 heteroatoms. The van der Waals surface area contributed by atoms with Crippen LogP contribution in [0.1, 0.15) is 12.0 Å². The van der Waals surface area contributed by atoms with Gasteiger partial charge in [-0.25, -0.2) is 4.98 Å². The number of hydrogen-bond donors (Lipinski definition) is 2. The second kappa shape index (κ2) is 5.03. The van der Waals surface area contributed by atoms with Gasteiger partial charge in [-0.15, -0.1) is 0 Å². The maximum atomic E-state index is 11.5. The van der Waals surface area contributed by atoms with E-state index < -0.39 is 0 Å². The van der Waals surface area contributed by atoms with Gasteiger partial charge in [0.25, 0.3) is 0 Å². The molecule has 3 aromatic heterocycles. The van der Waals surface area contributed by atoms with Gasteiger partial charge in [0.1, 0.15) is 5.65 Å². The number of nitrogens with two attached hydrogens (primary N) is 1. The Kier molecular flexibility index (Phi) is 2.90. The highest BCUT2D eigenvalue weighted by Crippen LogP contribution is 2.43. The summed E-state index contributed by atoms with van der Waals surface area (Å²) < 4.78 is 7.66. The minimum atomic E-state index is -0.291. The third-order valence-electron chi connectivity index (χ3n) is 5.12. The van der Waals surface area contributed by atoms with Crippen LogP contribution in [0.4, 0.5) is 0 Å². The number of ether oxygens (including phenoxy) is 1. The zero-order chi connectivity index (χ0) is 17.1. The molecule has 5 rings (SSSR count). The van der Waals surface area contributed by atoms with Crippen LogP contribution in [-0.2, 0) is 16.6 Å². The first kappa shape index (κ1) is 14.4. The lowest BCUT2D eigenvalue weighted by Gasteiger charge is -2.15. The van der Waals surface area contributed by atoms with Gasteiger partial charge >= 0.3 is 0 Å². The first-order valence-electron chi connectivity index (χ1n) is 8.23. The Balaban J connectivity index is 1.57. The van der Waals surface area contributed by atoms with Crippen LogP contribution in [0.15, 0.2) is 36.9 Å². The number of H-pyrrole nitrogens is 1. The van der Waals surface area contributed by atoms with Gasteiger partial charge in [-0.2, -0.15) is 5.10 Å². The number of pyridine rings is 1. The fraction of sp³-hybridized carbons (Fsp3) is 0.278. The van der Waals surface area contributed by atoms with Gasteiger partial charge in [0.05, 0.1) is 24.3 Å². The summed E-state index contributed by atoms with van der Waals surface area (Å²) in [5, 5.41) is 5.28. The Morgan fingerprint density at radius 2 is 2.28 bits per heavy atom. The molecule has 0 aliphatic carbocycles. The van der Waals surface area contributed by atoms with Crippen LogP contribution in [0, 0.1) is 5.92 Å². The zero-order valence-corrected chi connectivity index (χ0v) is 13.6. The number of fused-ring (bicyclic) bond motifs is 3. The van der Waals surface area contributed by atoms with Crippen molar-refractivity contribution in [3.8, 4) is 11.1 Å². The van der Waals surface area contributed by atoms with E-state index in [0.29, 0.717) is 6.42 Å². The van der Waals surface area contributed by atoms with Gasteiger partial charge in [0.15, 0.2) is 0 Å². The highest BCUT2D eigenvalue weighted by atomic mass is 16.5. The maximum Gasteiger partial charge on any atom is 0.223 e. The average molecular weight is 335 g/mol. The van der Waals surface area contributed by atoms with E-state index in [0.717, 1.165) is 33.3 Å². The predicted molar refractivity (Wildman–Crippen MR) is 92.2 cm³/mol. The Hall–Kier alpha value is -2.93. The van der Waals surface area contributed by atoms with Gasteiger partial charge in [-0.05, 0) is 29.7 Å². The van der Waals surface area contributed by atoms with E-state index in [1.807, 2.05) is 37.9 Å². The number of carbonyl (C=O) groups is 1. The summed E-state index contributed by atoms with van der Waals surface area (Å²) >= 11 is 0. The second-order valence-electron chi connectivity index (χ2n) is 6.68. The summed E-state index contributed by atoms with van der Waals surface area (Å²) in [6, 6.07) is 2.12. The molecule has 126 valence electrons. The first-order valence-corrected chi connectivity index (χ1v) is 8.23. The first-order chi connectivity index (χ1) is 12.1. The molecule has 1 unspecified atom stereocenters. The van der Waals surface area contributed by atoms with Gasteiger partial charge in [-0.1, -0.05) is 0 Å². The Labute approximate surface area is 143 Å². The van der Waals surface area contributed by atoms with E-state index in [1.54, 1.807) is 4.68 Å². The molecular weight excluding hydrogens is 318 g/mol. The van der Waals surface area contributed by atoms with E-state index in [4.69, 9.17) is 10.5 Å². The molecular formula is C18H17N5O2. The number of amides is 1. The van der Waals surface area contributed by atoms with Crippen molar-refractivity contribution in [2.24, 2.45) is 18.7 Å². The number of hydrogen-bond acceptors (Lipinski definition) is 4. The van der Waals surface area contributed by atoms with Crippen LogP contribution in [0.25, 0.3) is 27.7 Å². The van der Waals surface area contributed by atoms with Crippen molar-refractivity contribution < 1.29 is 9.53 Å². The molecule has 2 aliphatic heterocycles. The van der Waals surface area contributed by atoms with E-state index in [1.165, 1.54) is 0 Å². The van der Waals surface area contributed by atoms with E-state index >= 15 is 0 Å². The molecule has 3 aromatic rings. The van der Waals surface area contributed by atoms with Crippen LogP contribution >= 0.6 is 0 Å². The minimum Gasteiger partial charge on any atom is -0.369 e. The number of carbonyl (C=O) groups excluding carboxylic acids is 1. The molecule has 3 atom stereocenters. The maximum absolute atomic E-state index is 11.5. The lowest BCUT2D eigenvalue weighted by atomic mass is 9.86. The molecule has 1 amide bonds. The molecule has 0 radical (unpaired) electrons. The van der Waals surface area contributed by atoms with Crippen LogP contribution in [-0.4, -0.2) is 37.9 Å². The molecule has 7 nitrogen and oxygen atoms in total. The lowest BCUT2D eigenvalue weighted by Crippen LogP contribution is -2.30. The smallest absolute Gasteiger partial charge is 0.223 e. The molecule has 2 bridgehead atoms. The SMILES string of the molecule is Cn1cc(-c2c[nH]c3ncc(C4=C[C@@H]5O[C@H]4CC5C(N)=O)cc23)cn1. The molecule has 0 saturated carbocycles. The quantitative estimate of drug-likeness (QED) is 0.760. The average Bonchev–Trinajstić information content (AvgIpc) is 3.36. The fourth-order valence-electron chi connectivity index (χ4n) is 3.87. The van der Waals surface area contributed by atoms with Crippen molar-refractivity contribution in [1.82, 2.24) is 19.7 Å². The number of aromatic nitrogens is 4. The van der Waals surface area contributed by atoms with Gasteiger partial charge in [0, 0.05) is 42.2 Å². The summed E-state index contributed by atoms with van der Waals surface area (Å²) in [5.74, 6) is -0.510. The number of aryl methyl sites for hydroxylation is 1. The third-order valence-corrected chi connectivity index (χ3v) is 5.12. The van der Waals surface area contributed by atoms with Crippen molar-refractivity contribution in [3.05, 3.63) is 42.5 Å². The zero-order valence-electron chi connectivity index (χ0n) is 13.6. The monoisotopic (exact) mass is 335 g/mol. The number of primary amides is 1. The van der Waals surface area contributed by atoms with Crippen LogP contribution in [0.2, 0.25) is 0 Å². The highest BCUT2D eigenvalue weighted by molar-refractivity contribution is 5.95. The third kappa shape index (κ3) is 2.12. The fourth-order valence-corrected chi connectivity index (χ4v) is 3.87. The largest absolute Gasteiger partial charge is 0.369 e. The van der Waals surface area contributed by atoms with Crippen LogP contribution < -0.4 is 5.73 Å². The molecule has 0 spiro atoms. The summed E-state index contributed by atoms with van der Waals surface area (Å²) in [5.41, 5.74) is 10.5. The van der Waals surface area contributed by atoms with Crippen molar-refractivity contribution >= 4 is 22.5 Å². The Morgan fingerprint density at radius 1 is 1.40 bits per heavy atom. The van der Waals surface area contributed by atoms with Crippen molar-refractivity contribution in [3.63, 3.8) is 0 Å². The van der Waals surface area contributed by atoms with Gasteiger partial charge < -0.3 is 15.5 Å². The molecule has 1 fully saturated rings. The summed E-state index contributed by atoms with van der Waals surface area (Å²) in [4.78, 5) is 19.2. The van der Waals surface area contributed by atoms with Crippen molar-refractivity contribution in [2.45, 2.75) is 18.6 Å². The number of nitrogens with zero attached hydrogens (tertiary/aromatic N) is 3. The van der Waals surface area contributed by atoms with E-state index in [9.17, 15) is 4.79 Å². The summed E-state index contributed by atoms with van der Waals surface area (Å²) in [6.45, 7) is 0. The van der Waals surface area contributed by atoms with E-state index in [-0.39, 0.29) is 24.0 Å². The number of rotatable bonds is 3. The van der Waals surface area contributed by atoms with Crippen molar-refractivity contribution in [2.75, 3.05) is 0 Å². The predicted octanol–water partition coefficient (Wildman–Crippen LogP) is 1.62. The standard InChI is InChI=1S/C18H17N5O2/c1-23-8-10(6-22-23)14-7-21-18-12(14)2-9(5-20-18)11-3-16-13(17(19)24)4-15(11)25-16/h2-3,5-8,13,15-16H,4H2,1H3,(H2,19,24)(H,20,21)/t13?,15-,16-/m0/s1. The van der Waals surface area contributed by atoms with Crippen molar-refractivity contribution in [1.29, 1.82) is 0 Å². The molecule has 2 aliphatic rings. The van der Waals surface area contributed by atoms with E-state index in [2.05, 4.69) is 21.1 Å². The second-order valence-corrected chi connectivity index (χ2v) is 6.68. The van der Waals surface area contributed by atoms with Crippen LogP contribution in [0.5, 0.6) is 0 Å². The molecule has 5 heterocycles. The number of aromatic amines is 1. The highest BCUT2D eigenvalue weighted by Gasteiger charge is 2.44. The normalized spacial score (nSPS) is 24.8. The Bertz CT molecular complexity index is 1030. The van der Waals surface area contributed by atoms with Gasteiger partial charge in [0.2, 0.25) is 5.91 Å². The molecule has 0 aromatic carbocycles. The molecule has 25 heavy (non-hydrogen) atoms. The Morgan fingerprint density at radius 3 is 2.96 bits per heavy atom. The topological polar surface area (TPSA) is 98.8 Å². The van der Waals surface area contributed by atoms with Crippen LogP contribution in [0.3, 0.4) is 0 Å². The molecule has 3 N–H and O–H groups in total. The summed E-state index contributed by atoms with van der Waals surface area (Å²) in [6.07, 6.45) is 9.99. The number of nitrogens with one attached hydrogen (secondary N) is 1. The minimum absolute atomic E-state index is 0.0810. The summed E-state index contributed by atoms with van der Waals surface area (Å²) in [7, 11) is 1.90.